The Balaban J connectivity index is 1.28. The van der Waals surface area contributed by atoms with Crippen LogP contribution in [0, 0.1) is 5.92 Å². The van der Waals surface area contributed by atoms with Crippen LogP contribution in [0.3, 0.4) is 0 Å². The fourth-order valence-electron chi connectivity index (χ4n) is 6.40. The summed E-state index contributed by atoms with van der Waals surface area (Å²) in [4.78, 5) is 13.1. The van der Waals surface area contributed by atoms with Crippen molar-refractivity contribution in [3.05, 3.63) is 11.8 Å². The molecule has 1 unspecified atom stereocenters. The number of carbonyl (C=O) groups is 1. The van der Waals surface area contributed by atoms with Crippen molar-refractivity contribution in [2.75, 3.05) is 39.8 Å². The van der Waals surface area contributed by atoms with Crippen molar-refractivity contribution >= 4 is 5.91 Å². The fourth-order valence-corrected chi connectivity index (χ4v) is 6.40. The number of nitrogens with two attached hydrogens (primary N) is 1. The Kier molecular flexibility index (Phi) is 10.1. The van der Waals surface area contributed by atoms with Gasteiger partial charge < -0.3 is 66.4 Å². The molecule has 3 aliphatic heterocycles. The summed E-state index contributed by atoms with van der Waals surface area (Å²) in [6.45, 7) is 3.55. The summed E-state index contributed by atoms with van der Waals surface area (Å²) in [7, 11) is 1.61. The summed E-state index contributed by atoms with van der Waals surface area (Å²) in [5.41, 5.74) is 3.56. The molecule has 10 N–H and O–H groups in total. The third kappa shape index (κ3) is 7.26. The number of carbonyl (C=O) groups excluding carboxylic acids is 1. The van der Waals surface area contributed by atoms with Crippen LogP contribution in [0.1, 0.15) is 45.4 Å². The molecule has 3 heterocycles. The van der Waals surface area contributed by atoms with Crippen molar-refractivity contribution in [1.82, 2.24) is 21.3 Å². The molecule has 4 fully saturated rings. The third-order valence-electron chi connectivity index (χ3n) is 9.12. The maximum absolute atomic E-state index is 13.1. The Morgan fingerprint density at radius 1 is 1.19 bits per heavy atom. The first-order valence-electron chi connectivity index (χ1n) is 15.2. The number of rotatable bonds is 11. The average molecular weight is 600 g/mol. The van der Waals surface area contributed by atoms with E-state index in [2.05, 4.69) is 21.3 Å². The van der Waals surface area contributed by atoms with Crippen LogP contribution in [0.25, 0.3) is 0 Å². The number of aliphatic hydroxyl groups is 4. The van der Waals surface area contributed by atoms with Gasteiger partial charge in [0.05, 0.1) is 25.2 Å². The van der Waals surface area contributed by atoms with E-state index in [9.17, 15) is 25.2 Å². The highest BCUT2D eigenvalue weighted by Gasteiger charge is 2.52. The standard InChI is InChI=1S/C28H49N5O9/c1-27(37)14-39-25(21(35)24(27)30-2)42-23-18(33-26(36)28(38)8-9-31-13-28)10-17(29)22(20(23)34)41-19-5-3-4-16(40-19)12-32-11-15-6-7-15/h4,15,17-25,30-32,34-35,37-38H,3,5-14,29H2,1-2H3,(H,33,36)/t17-,18+,19+,20-,21+,22+,23-,24+,25+,27-,28?/m0/s1. The third-order valence-corrected chi connectivity index (χ3v) is 9.12. The summed E-state index contributed by atoms with van der Waals surface area (Å²) in [5, 5.41) is 56.2. The van der Waals surface area contributed by atoms with E-state index in [-0.39, 0.29) is 26.0 Å². The molecule has 2 saturated heterocycles. The van der Waals surface area contributed by atoms with E-state index < -0.39 is 72.2 Å². The molecule has 11 atom stereocenters. The van der Waals surface area contributed by atoms with Gasteiger partial charge in [0, 0.05) is 19.0 Å². The van der Waals surface area contributed by atoms with Crippen molar-refractivity contribution in [1.29, 1.82) is 0 Å². The quantitative estimate of drug-likeness (QED) is 0.117. The SMILES string of the molecule is CN[C@@H]1[C@@H](O)[C@@H](O[C@@H]2[C@@H](O)[C@H](O[C@@H]3CCC=C(CNCC4CC4)O3)[C@@H](N)C[C@H]2NC(=O)C2(O)CCNC2)OC[C@]1(C)O. The number of hydrogen-bond donors (Lipinski definition) is 9. The van der Waals surface area contributed by atoms with Crippen molar-refractivity contribution < 1.29 is 44.2 Å². The van der Waals surface area contributed by atoms with E-state index in [0.29, 0.717) is 19.5 Å². The minimum absolute atomic E-state index is 0.102. The molecule has 0 aromatic rings. The molecule has 0 radical (unpaired) electrons. The van der Waals surface area contributed by atoms with Gasteiger partial charge in [-0.15, -0.1) is 0 Å². The Bertz CT molecular complexity index is 960. The second-order valence-electron chi connectivity index (χ2n) is 12.8. The lowest BCUT2D eigenvalue weighted by atomic mass is 9.83. The molecule has 42 heavy (non-hydrogen) atoms. The minimum Gasteiger partial charge on any atom is -0.468 e. The Hall–Kier alpha value is -1.43. The van der Waals surface area contributed by atoms with Gasteiger partial charge >= 0.3 is 0 Å². The fraction of sp³-hybridized carbons (Fsp3) is 0.893. The molecule has 0 bridgehead atoms. The molecular weight excluding hydrogens is 550 g/mol. The molecule has 0 aromatic carbocycles. The average Bonchev–Trinajstić information content (AvgIpc) is 3.66. The van der Waals surface area contributed by atoms with Gasteiger partial charge in [0.25, 0.3) is 5.91 Å². The Morgan fingerprint density at radius 2 is 1.98 bits per heavy atom. The highest BCUT2D eigenvalue weighted by atomic mass is 16.7. The predicted octanol–water partition coefficient (Wildman–Crippen LogP) is -2.87. The van der Waals surface area contributed by atoms with Crippen LogP contribution in [-0.2, 0) is 23.7 Å². The highest BCUT2D eigenvalue weighted by molar-refractivity contribution is 5.86. The van der Waals surface area contributed by atoms with Gasteiger partial charge in [0.1, 0.15) is 35.8 Å². The molecule has 0 aromatic heterocycles. The van der Waals surface area contributed by atoms with Gasteiger partial charge in [-0.2, -0.15) is 0 Å². The number of allylic oxidation sites excluding steroid dienone is 1. The Labute approximate surface area is 246 Å². The molecule has 1 amide bonds. The molecule has 0 spiro atoms. The molecule has 14 nitrogen and oxygen atoms in total. The summed E-state index contributed by atoms with van der Waals surface area (Å²) < 4.78 is 24.2. The maximum Gasteiger partial charge on any atom is 0.253 e. The molecule has 5 aliphatic rings. The van der Waals surface area contributed by atoms with E-state index in [4.69, 9.17) is 24.7 Å². The maximum atomic E-state index is 13.1. The number of amides is 1. The summed E-state index contributed by atoms with van der Waals surface area (Å²) in [5.74, 6) is 0.926. The van der Waals surface area contributed by atoms with Gasteiger partial charge in [-0.05, 0) is 71.2 Å². The minimum atomic E-state index is -1.60. The van der Waals surface area contributed by atoms with Gasteiger partial charge in [-0.3, -0.25) is 4.79 Å². The van der Waals surface area contributed by atoms with Crippen molar-refractivity contribution in [3.63, 3.8) is 0 Å². The summed E-state index contributed by atoms with van der Waals surface area (Å²) in [6, 6.07) is -2.30. The van der Waals surface area contributed by atoms with Gasteiger partial charge in [-0.25, -0.2) is 0 Å². The van der Waals surface area contributed by atoms with Crippen LogP contribution in [-0.4, -0.2) is 132 Å². The zero-order valence-electron chi connectivity index (χ0n) is 24.5. The molecule has 5 rings (SSSR count). The van der Waals surface area contributed by atoms with Crippen LogP contribution < -0.4 is 27.0 Å². The second-order valence-corrected chi connectivity index (χ2v) is 12.8. The van der Waals surface area contributed by atoms with Crippen molar-refractivity contribution in [2.45, 2.75) is 112 Å². The monoisotopic (exact) mass is 599 g/mol. The van der Waals surface area contributed by atoms with Crippen molar-refractivity contribution in [3.8, 4) is 0 Å². The smallest absolute Gasteiger partial charge is 0.253 e. The topological polar surface area (TPSA) is 209 Å². The summed E-state index contributed by atoms with van der Waals surface area (Å²) in [6.07, 6.45) is -0.231. The Morgan fingerprint density at radius 3 is 2.67 bits per heavy atom. The number of hydrogen-bond acceptors (Lipinski definition) is 13. The van der Waals surface area contributed by atoms with E-state index in [1.165, 1.54) is 12.8 Å². The van der Waals surface area contributed by atoms with Crippen LogP contribution in [0.4, 0.5) is 0 Å². The molecule has 14 heteroatoms. The van der Waals surface area contributed by atoms with E-state index >= 15 is 0 Å². The zero-order valence-corrected chi connectivity index (χ0v) is 24.5. The first kappa shape index (κ1) is 32.0. The number of likely N-dealkylation sites (N-methyl/N-ethyl adjacent to an activating group) is 1. The van der Waals surface area contributed by atoms with Crippen LogP contribution >= 0.6 is 0 Å². The normalized spacial score (nSPS) is 44.4. The lowest BCUT2D eigenvalue weighted by Gasteiger charge is -2.48. The lowest BCUT2D eigenvalue weighted by Crippen LogP contribution is -2.69. The first-order valence-corrected chi connectivity index (χ1v) is 15.2. The molecule has 240 valence electrons. The first-order chi connectivity index (χ1) is 20.0. The van der Waals surface area contributed by atoms with Gasteiger partial charge in [-0.1, -0.05) is 0 Å². The molecule has 2 saturated carbocycles. The summed E-state index contributed by atoms with van der Waals surface area (Å²) >= 11 is 0. The zero-order chi connectivity index (χ0) is 30.1. The number of ether oxygens (including phenoxy) is 4. The van der Waals surface area contributed by atoms with Crippen LogP contribution in [0.5, 0.6) is 0 Å². The van der Waals surface area contributed by atoms with Crippen molar-refractivity contribution in [2.24, 2.45) is 11.7 Å². The number of aliphatic hydroxyl groups excluding tert-OH is 2. The van der Waals surface area contributed by atoms with Gasteiger partial charge in [0.2, 0.25) is 0 Å². The largest absolute Gasteiger partial charge is 0.468 e. The number of β-amino-alcohol motifs (C(OH)–C–C–N with tert-alkyl or cyclic N) is 1. The van der Waals surface area contributed by atoms with Gasteiger partial charge in [0.15, 0.2) is 18.2 Å². The highest BCUT2D eigenvalue weighted by Crippen LogP contribution is 2.33. The van der Waals surface area contributed by atoms with E-state index in [1.54, 1.807) is 14.0 Å². The van der Waals surface area contributed by atoms with Crippen LogP contribution in [0.2, 0.25) is 0 Å². The molecule has 2 aliphatic carbocycles. The number of nitrogens with one attached hydrogen (secondary N) is 4. The van der Waals surface area contributed by atoms with E-state index in [1.807, 2.05) is 6.08 Å². The molecular formula is C28H49N5O9. The van der Waals surface area contributed by atoms with Crippen LogP contribution in [0.15, 0.2) is 11.8 Å². The lowest BCUT2D eigenvalue weighted by molar-refractivity contribution is -0.303. The predicted molar refractivity (Wildman–Crippen MR) is 150 cm³/mol. The van der Waals surface area contributed by atoms with E-state index in [0.717, 1.165) is 24.6 Å². The second kappa shape index (κ2) is 13.3.